The molecular weight excluding hydrogens is 1050 g/mol. The molecule has 3 N–H and O–H groups in total. The minimum atomic E-state index is -4.94. The van der Waals surface area contributed by atoms with Crippen LogP contribution in [-0.4, -0.2) is 96.7 Å². The number of phosphoric ester groups is 2. The number of rotatable bonds is 59. The quantitative estimate of drug-likeness (QED) is 0.0222. The maximum Gasteiger partial charge on any atom is 0.472 e. The summed E-state index contributed by atoms with van der Waals surface area (Å²) >= 11 is 0. The van der Waals surface area contributed by atoms with Crippen LogP contribution in [0.5, 0.6) is 0 Å². The molecule has 5 atom stereocenters. The van der Waals surface area contributed by atoms with Gasteiger partial charge in [-0.05, 0) is 37.5 Å². The van der Waals surface area contributed by atoms with Crippen molar-refractivity contribution < 1.29 is 80.2 Å². The topological polar surface area (TPSA) is 237 Å². The third-order valence-electron chi connectivity index (χ3n) is 13.7. The van der Waals surface area contributed by atoms with Crippen LogP contribution >= 0.6 is 15.6 Å². The minimum Gasteiger partial charge on any atom is -0.462 e. The highest BCUT2D eigenvalue weighted by Gasteiger charge is 2.30. The van der Waals surface area contributed by atoms with Gasteiger partial charge in [0.1, 0.15) is 19.3 Å². The number of aliphatic hydroxyl groups excluding tert-OH is 1. The van der Waals surface area contributed by atoms with Crippen LogP contribution in [0.3, 0.4) is 0 Å². The van der Waals surface area contributed by atoms with Gasteiger partial charge in [-0.25, -0.2) is 9.13 Å². The zero-order valence-electron chi connectivity index (χ0n) is 50.7. The number of unbranched alkanes of at least 4 members (excludes halogenated alkanes) is 29. The van der Waals surface area contributed by atoms with Gasteiger partial charge in [0.05, 0.1) is 26.4 Å². The SMILES string of the molecule is CCCCCCCCCCCC(=O)O[C@H](COC(=O)CCCCCCCCC)COP(=O)(O)OC[C@H](O)COP(=O)(O)OC[C@@H](COC(=O)CCCCCCCCC(C)C)OC(=O)CCCCCCCCCCCCCC(C)C. The van der Waals surface area contributed by atoms with Crippen molar-refractivity contribution in [2.45, 2.75) is 310 Å². The Morgan fingerprint density at radius 2 is 0.582 bits per heavy atom. The molecule has 0 aromatic carbocycles. The van der Waals surface area contributed by atoms with Gasteiger partial charge in [0.15, 0.2) is 12.2 Å². The highest BCUT2D eigenvalue weighted by Crippen LogP contribution is 2.45. The number of aliphatic hydroxyl groups is 1. The summed E-state index contributed by atoms with van der Waals surface area (Å²) in [5.74, 6) is -0.702. The van der Waals surface area contributed by atoms with Gasteiger partial charge in [-0.1, -0.05) is 241 Å². The highest BCUT2D eigenvalue weighted by atomic mass is 31.2. The minimum absolute atomic E-state index is 0.105. The smallest absolute Gasteiger partial charge is 0.462 e. The van der Waals surface area contributed by atoms with E-state index in [1.165, 1.54) is 89.9 Å². The Morgan fingerprint density at radius 3 is 0.861 bits per heavy atom. The largest absolute Gasteiger partial charge is 0.472 e. The molecular formula is C60H116O17P2. The lowest BCUT2D eigenvalue weighted by Gasteiger charge is -2.21. The zero-order chi connectivity index (χ0) is 58.7. The molecule has 0 saturated heterocycles. The Hall–Kier alpha value is -1.94. The molecule has 2 unspecified atom stereocenters. The molecule has 0 fully saturated rings. The van der Waals surface area contributed by atoms with E-state index in [0.717, 1.165) is 115 Å². The van der Waals surface area contributed by atoms with Crippen molar-refractivity contribution in [1.29, 1.82) is 0 Å². The second kappa shape index (κ2) is 52.8. The monoisotopic (exact) mass is 1170 g/mol. The predicted octanol–water partition coefficient (Wildman–Crippen LogP) is 16.1. The summed E-state index contributed by atoms with van der Waals surface area (Å²) in [5.41, 5.74) is 0. The van der Waals surface area contributed by atoms with Gasteiger partial charge in [-0.2, -0.15) is 0 Å². The van der Waals surface area contributed by atoms with Gasteiger partial charge in [-0.15, -0.1) is 0 Å². The first-order valence-electron chi connectivity index (χ1n) is 31.5. The number of ether oxygens (including phenoxy) is 4. The third kappa shape index (κ3) is 55.0. The summed E-state index contributed by atoms with van der Waals surface area (Å²) in [6.07, 6.45) is 33.7. The molecule has 0 radical (unpaired) electrons. The highest BCUT2D eigenvalue weighted by molar-refractivity contribution is 7.47. The first-order valence-corrected chi connectivity index (χ1v) is 34.5. The fourth-order valence-corrected chi connectivity index (χ4v) is 10.4. The fourth-order valence-electron chi connectivity index (χ4n) is 8.82. The molecule has 0 bridgehead atoms. The molecule has 0 spiro atoms. The van der Waals surface area contributed by atoms with Crippen molar-refractivity contribution in [2.75, 3.05) is 39.6 Å². The van der Waals surface area contributed by atoms with Crippen molar-refractivity contribution in [2.24, 2.45) is 11.8 Å². The zero-order valence-corrected chi connectivity index (χ0v) is 52.4. The average Bonchev–Trinajstić information content (AvgIpc) is 3.40. The van der Waals surface area contributed by atoms with Crippen molar-refractivity contribution in [1.82, 2.24) is 0 Å². The van der Waals surface area contributed by atoms with E-state index in [4.69, 9.17) is 37.0 Å². The molecule has 0 saturated carbocycles. The Balaban J connectivity index is 5.20. The third-order valence-corrected chi connectivity index (χ3v) is 15.6. The summed E-state index contributed by atoms with van der Waals surface area (Å²) in [5, 5.41) is 10.5. The standard InChI is InChI=1S/C60H116O17P2/c1-7-9-11-13-15-19-24-32-38-44-59(64)76-55(48-70-57(62)42-36-30-22-14-12-10-8-2)50-74-78(66,67)72-46-54(61)47-73-79(68,69)75-51-56(49-71-58(63)43-37-31-27-26-29-35-41-53(5)6)77-60(65)45-39-33-25-21-18-16-17-20-23-28-34-40-52(3)4/h52-56,61H,7-51H2,1-6H3,(H,66,67)(H,68,69)/t54-,55+,56+/m0/s1. The maximum atomic E-state index is 12.9. The number of carbonyl (C=O) groups excluding carboxylic acids is 4. The van der Waals surface area contributed by atoms with Gasteiger partial charge < -0.3 is 33.8 Å². The predicted molar refractivity (Wildman–Crippen MR) is 312 cm³/mol. The van der Waals surface area contributed by atoms with Gasteiger partial charge >= 0.3 is 39.5 Å². The molecule has 79 heavy (non-hydrogen) atoms. The molecule has 17 nitrogen and oxygen atoms in total. The van der Waals surface area contributed by atoms with Crippen molar-refractivity contribution in [3.63, 3.8) is 0 Å². The first-order chi connectivity index (χ1) is 37.9. The second-order valence-corrected chi connectivity index (χ2v) is 25.6. The number of phosphoric acid groups is 2. The number of esters is 4. The van der Waals surface area contributed by atoms with Crippen LogP contribution in [0.1, 0.15) is 292 Å². The van der Waals surface area contributed by atoms with E-state index in [1.807, 2.05) is 0 Å². The summed E-state index contributed by atoms with van der Waals surface area (Å²) in [6.45, 7) is 9.32. The fraction of sp³-hybridized carbons (Fsp3) is 0.933. The van der Waals surface area contributed by atoms with Crippen LogP contribution in [0.25, 0.3) is 0 Å². The Labute approximate surface area is 479 Å². The van der Waals surface area contributed by atoms with E-state index < -0.39 is 97.5 Å². The molecule has 0 aromatic rings. The molecule has 0 aliphatic heterocycles. The van der Waals surface area contributed by atoms with Gasteiger partial charge in [0.25, 0.3) is 0 Å². The summed E-state index contributed by atoms with van der Waals surface area (Å²) in [6, 6.07) is 0. The van der Waals surface area contributed by atoms with E-state index >= 15 is 0 Å². The number of hydrogen-bond donors (Lipinski definition) is 3. The van der Waals surface area contributed by atoms with Crippen molar-refractivity contribution in [3.05, 3.63) is 0 Å². The summed E-state index contributed by atoms with van der Waals surface area (Å²) in [7, 11) is -9.87. The lowest BCUT2D eigenvalue weighted by molar-refractivity contribution is -0.161. The molecule has 19 heteroatoms. The van der Waals surface area contributed by atoms with Crippen molar-refractivity contribution >= 4 is 39.5 Å². The van der Waals surface area contributed by atoms with Crippen LogP contribution in [0.15, 0.2) is 0 Å². The van der Waals surface area contributed by atoms with E-state index in [1.54, 1.807) is 0 Å². The number of carbonyl (C=O) groups is 4. The van der Waals surface area contributed by atoms with E-state index in [-0.39, 0.29) is 25.7 Å². The Morgan fingerprint density at radius 1 is 0.342 bits per heavy atom. The molecule has 0 aliphatic carbocycles. The molecule has 0 aliphatic rings. The van der Waals surface area contributed by atoms with Crippen LogP contribution < -0.4 is 0 Å². The van der Waals surface area contributed by atoms with Gasteiger partial charge in [-0.3, -0.25) is 37.3 Å². The molecule has 0 heterocycles. The van der Waals surface area contributed by atoms with Crippen LogP contribution in [0, 0.1) is 11.8 Å². The Kier molecular flexibility index (Phi) is 51.5. The molecule has 468 valence electrons. The lowest BCUT2D eigenvalue weighted by Crippen LogP contribution is -2.30. The summed E-state index contributed by atoms with van der Waals surface area (Å²) in [4.78, 5) is 71.8. The van der Waals surface area contributed by atoms with Crippen molar-refractivity contribution in [3.8, 4) is 0 Å². The van der Waals surface area contributed by atoms with E-state index in [2.05, 4.69) is 41.5 Å². The van der Waals surface area contributed by atoms with E-state index in [0.29, 0.717) is 31.6 Å². The lowest BCUT2D eigenvalue weighted by atomic mass is 10.0. The average molecular weight is 1170 g/mol. The van der Waals surface area contributed by atoms with Crippen LogP contribution in [-0.2, 0) is 65.4 Å². The number of hydrogen-bond acceptors (Lipinski definition) is 15. The molecule has 0 rings (SSSR count). The summed E-state index contributed by atoms with van der Waals surface area (Å²) < 4.78 is 67.7. The van der Waals surface area contributed by atoms with Crippen LogP contribution in [0.2, 0.25) is 0 Å². The van der Waals surface area contributed by atoms with Gasteiger partial charge in [0, 0.05) is 25.7 Å². The van der Waals surface area contributed by atoms with Gasteiger partial charge in [0.2, 0.25) is 0 Å². The Bertz CT molecular complexity index is 1560. The van der Waals surface area contributed by atoms with Crippen LogP contribution in [0.4, 0.5) is 0 Å². The molecule has 0 amide bonds. The van der Waals surface area contributed by atoms with E-state index in [9.17, 15) is 43.2 Å². The second-order valence-electron chi connectivity index (χ2n) is 22.7. The maximum absolute atomic E-state index is 12.9. The molecule has 0 aromatic heterocycles. The normalized spacial score (nSPS) is 14.4. The first kappa shape index (κ1) is 77.1.